The number of carbonyl (C=O) groups excluding carboxylic acids is 1. The van der Waals surface area contributed by atoms with E-state index in [0.717, 1.165) is 18.8 Å². The first-order valence-corrected chi connectivity index (χ1v) is 15.0. The third-order valence-electron chi connectivity index (χ3n) is 15.0. The molecule has 3 nitrogen and oxygen atoms in total. The Bertz CT molecular complexity index is 937. The maximum Gasteiger partial charge on any atom is 0.302 e. The number of carbonyl (C=O) groups is 1. The van der Waals surface area contributed by atoms with Crippen LogP contribution < -0.4 is 0 Å². The molecule has 0 unspecified atom stereocenters. The summed E-state index contributed by atoms with van der Waals surface area (Å²) in [6.45, 7) is 18.9. The van der Waals surface area contributed by atoms with Gasteiger partial charge in [-0.05, 0) is 128 Å². The van der Waals surface area contributed by atoms with Crippen LogP contribution in [-0.4, -0.2) is 22.8 Å². The topological polar surface area (TPSA) is 46.5 Å². The predicted octanol–water partition coefficient (Wildman–Crippen LogP) is 7.54. The van der Waals surface area contributed by atoms with Crippen LogP contribution in [0.15, 0.2) is 0 Å². The molecule has 6 aliphatic rings. The third-order valence-corrected chi connectivity index (χ3v) is 15.0. The van der Waals surface area contributed by atoms with Gasteiger partial charge in [-0.3, -0.25) is 4.79 Å². The van der Waals surface area contributed by atoms with E-state index < -0.39 is 5.60 Å². The van der Waals surface area contributed by atoms with E-state index in [0.29, 0.717) is 44.8 Å². The summed E-state index contributed by atoms with van der Waals surface area (Å²) >= 11 is 0. The van der Waals surface area contributed by atoms with Crippen LogP contribution in [0.1, 0.15) is 126 Å². The van der Waals surface area contributed by atoms with Gasteiger partial charge in [-0.15, -0.1) is 0 Å². The minimum atomic E-state index is -0.513. The van der Waals surface area contributed by atoms with Crippen LogP contribution >= 0.6 is 0 Å². The van der Waals surface area contributed by atoms with Crippen molar-refractivity contribution < 1.29 is 14.6 Å². The van der Waals surface area contributed by atoms with Crippen molar-refractivity contribution in [2.75, 3.05) is 0 Å². The van der Waals surface area contributed by atoms with Crippen LogP contribution in [0.5, 0.6) is 0 Å². The number of esters is 1. The highest BCUT2D eigenvalue weighted by molar-refractivity contribution is 5.66. The van der Waals surface area contributed by atoms with Crippen molar-refractivity contribution in [3.8, 4) is 0 Å². The molecule has 6 saturated carbocycles. The summed E-state index contributed by atoms with van der Waals surface area (Å²) in [6, 6.07) is 0. The number of hydrogen-bond donors (Lipinski definition) is 1. The van der Waals surface area contributed by atoms with Gasteiger partial charge in [0.25, 0.3) is 0 Å². The molecule has 0 radical (unpaired) electrons. The smallest absolute Gasteiger partial charge is 0.302 e. The summed E-state index contributed by atoms with van der Waals surface area (Å²) in [5, 5.41) is 11.4. The Labute approximate surface area is 214 Å². The molecule has 0 aromatic carbocycles. The number of aliphatic hydroxyl groups is 1. The number of fused-ring (bicyclic) bond motifs is 4. The molecule has 6 fully saturated rings. The zero-order valence-electron chi connectivity index (χ0n) is 23.9. The van der Waals surface area contributed by atoms with Crippen LogP contribution in [0.3, 0.4) is 0 Å². The molecule has 0 amide bonds. The monoisotopic (exact) mass is 484 g/mol. The fraction of sp³-hybridized carbons (Fsp3) is 0.969. The molecule has 6 aliphatic carbocycles. The molecule has 6 rings (SSSR count). The van der Waals surface area contributed by atoms with E-state index in [-0.39, 0.29) is 17.5 Å². The van der Waals surface area contributed by atoms with Gasteiger partial charge in [0, 0.05) is 12.3 Å². The average Bonchev–Trinajstić information content (AvgIpc) is 3.47. The summed E-state index contributed by atoms with van der Waals surface area (Å²) < 4.78 is 5.93. The van der Waals surface area contributed by atoms with Crippen LogP contribution in [0.25, 0.3) is 0 Å². The van der Waals surface area contributed by atoms with E-state index in [1.807, 2.05) is 0 Å². The second kappa shape index (κ2) is 6.89. The van der Waals surface area contributed by atoms with Crippen LogP contribution in [0, 0.1) is 56.2 Å². The van der Waals surface area contributed by atoms with Gasteiger partial charge < -0.3 is 9.84 Å². The first-order chi connectivity index (χ1) is 16.1. The van der Waals surface area contributed by atoms with Gasteiger partial charge in [-0.1, -0.05) is 41.5 Å². The fourth-order valence-electron chi connectivity index (χ4n) is 13.0. The van der Waals surface area contributed by atoms with Crippen LogP contribution in [-0.2, 0) is 9.53 Å². The van der Waals surface area contributed by atoms with Crippen molar-refractivity contribution in [2.45, 2.75) is 138 Å². The molecule has 0 saturated heterocycles. The molecule has 198 valence electrons. The molecule has 11 atom stereocenters. The number of hydrogen-bond acceptors (Lipinski definition) is 3. The average molecular weight is 485 g/mol. The summed E-state index contributed by atoms with van der Waals surface area (Å²) in [4.78, 5) is 11.9. The van der Waals surface area contributed by atoms with Crippen molar-refractivity contribution >= 4 is 5.97 Å². The van der Waals surface area contributed by atoms with Gasteiger partial charge in [0.1, 0.15) is 6.10 Å². The molecule has 0 bridgehead atoms. The lowest BCUT2D eigenvalue weighted by atomic mass is 9.35. The Balaban J connectivity index is 1.37. The molecule has 0 aromatic rings. The molecular weight excluding hydrogens is 432 g/mol. The van der Waals surface area contributed by atoms with Gasteiger partial charge >= 0.3 is 5.97 Å². The second-order valence-electron chi connectivity index (χ2n) is 16.2. The highest BCUT2D eigenvalue weighted by Crippen LogP contribution is 2.92. The summed E-state index contributed by atoms with van der Waals surface area (Å²) in [5.41, 5.74) is 1.65. The summed E-state index contributed by atoms with van der Waals surface area (Å²) in [5.74, 6) is 2.31. The third kappa shape index (κ3) is 2.71. The Kier molecular flexibility index (Phi) is 4.87. The maximum absolute atomic E-state index is 11.9. The highest BCUT2D eigenvalue weighted by Gasteiger charge is 2.86. The lowest BCUT2D eigenvalue weighted by molar-refractivity contribution is -0.232. The molecule has 1 N–H and O–H groups in total. The van der Waals surface area contributed by atoms with Gasteiger partial charge in [-0.2, -0.15) is 0 Å². The first-order valence-electron chi connectivity index (χ1n) is 15.0. The highest BCUT2D eigenvalue weighted by atomic mass is 16.5. The number of ether oxygens (including phenoxy) is 1. The largest absolute Gasteiger partial charge is 0.462 e. The predicted molar refractivity (Wildman–Crippen MR) is 140 cm³/mol. The Morgan fingerprint density at radius 2 is 1.43 bits per heavy atom. The minimum Gasteiger partial charge on any atom is -0.462 e. The molecular formula is C32H52O3. The normalized spacial score (nSPS) is 60.2. The van der Waals surface area contributed by atoms with Gasteiger partial charge in [0.2, 0.25) is 0 Å². The fourth-order valence-corrected chi connectivity index (χ4v) is 13.0. The first kappa shape index (κ1) is 24.7. The second-order valence-corrected chi connectivity index (χ2v) is 16.2. The van der Waals surface area contributed by atoms with E-state index in [9.17, 15) is 9.90 Å². The van der Waals surface area contributed by atoms with E-state index in [2.05, 4.69) is 48.5 Å². The molecule has 0 aromatic heterocycles. The van der Waals surface area contributed by atoms with Crippen molar-refractivity contribution in [2.24, 2.45) is 56.2 Å². The van der Waals surface area contributed by atoms with E-state index in [1.54, 1.807) is 6.92 Å². The lowest BCUT2D eigenvalue weighted by Crippen LogP contribution is -2.64. The van der Waals surface area contributed by atoms with Crippen molar-refractivity contribution in [1.82, 2.24) is 0 Å². The van der Waals surface area contributed by atoms with Gasteiger partial charge in [-0.25, -0.2) is 0 Å². The van der Waals surface area contributed by atoms with Crippen molar-refractivity contribution in [3.63, 3.8) is 0 Å². The molecule has 0 spiro atoms. The van der Waals surface area contributed by atoms with Crippen molar-refractivity contribution in [1.29, 1.82) is 0 Å². The van der Waals surface area contributed by atoms with Gasteiger partial charge in [0.15, 0.2) is 0 Å². The molecule has 0 heterocycles. The zero-order chi connectivity index (χ0) is 25.4. The maximum atomic E-state index is 11.9. The van der Waals surface area contributed by atoms with Crippen molar-refractivity contribution in [3.05, 3.63) is 0 Å². The quantitative estimate of drug-likeness (QED) is 0.391. The standard InChI is InChI=1S/C32H52O3/c1-20-25-22-9-13-32-19-31(32,28(22,6)17-15-27(25,5)16-18-30(20,8)34)14-10-23-26(3,4)24(35-21(2)33)11-12-29(23,32)7/h20,22-25,34H,9-19H2,1-8H3/t20-,22-,23+,24+,25+,27+,28-,29+,30+,31-,32-/m1/s1. The molecule has 3 heteroatoms. The minimum absolute atomic E-state index is 0.0433. The lowest BCUT2D eigenvalue weighted by Gasteiger charge is -2.70. The van der Waals surface area contributed by atoms with Crippen LogP contribution in [0.2, 0.25) is 0 Å². The SMILES string of the molecule is CC(=O)O[C@H]1CC[C@@]2(C)[C@@H](CC[C@]34C[C@@]32CC[C@@H]2[C@@H]3[C@@H](C)[C@@](C)(O)CC[C@]3(C)CC[C@]24C)C1(C)C. The van der Waals surface area contributed by atoms with E-state index in [1.165, 1.54) is 57.8 Å². The molecule has 0 aliphatic heterocycles. The van der Waals surface area contributed by atoms with E-state index >= 15 is 0 Å². The number of rotatable bonds is 1. The summed E-state index contributed by atoms with van der Waals surface area (Å²) in [7, 11) is 0. The van der Waals surface area contributed by atoms with E-state index in [4.69, 9.17) is 4.74 Å². The van der Waals surface area contributed by atoms with Crippen LogP contribution in [0.4, 0.5) is 0 Å². The Morgan fingerprint density at radius 3 is 2.11 bits per heavy atom. The Morgan fingerprint density at radius 1 is 0.800 bits per heavy atom. The molecule has 35 heavy (non-hydrogen) atoms. The zero-order valence-corrected chi connectivity index (χ0v) is 23.9. The summed E-state index contributed by atoms with van der Waals surface area (Å²) in [6.07, 6.45) is 14.0. The van der Waals surface area contributed by atoms with Gasteiger partial charge in [0.05, 0.1) is 5.60 Å². The Hall–Kier alpha value is -0.570.